The third-order valence-electron chi connectivity index (χ3n) is 2.67. The van der Waals surface area contributed by atoms with Gasteiger partial charge in [-0.05, 0) is 18.8 Å². The largest absolute Gasteiger partial charge is 0.335 e. The van der Waals surface area contributed by atoms with E-state index in [1.807, 2.05) is 0 Å². The average molecular weight is 184 g/mol. The summed E-state index contributed by atoms with van der Waals surface area (Å²) < 4.78 is 0. The summed E-state index contributed by atoms with van der Waals surface area (Å²) in [6.07, 6.45) is 4.84. The lowest BCUT2D eigenvalue weighted by atomic mass is 9.87. The van der Waals surface area contributed by atoms with Gasteiger partial charge in [0.2, 0.25) is 0 Å². The molecule has 1 N–H and O–H groups in total. The van der Waals surface area contributed by atoms with Crippen LogP contribution in [-0.2, 0) is 0 Å². The molecular formula is C10H20N2O. The highest BCUT2D eigenvalue weighted by Crippen LogP contribution is 2.23. The van der Waals surface area contributed by atoms with Crippen LogP contribution in [0.25, 0.3) is 0 Å². The monoisotopic (exact) mass is 184 g/mol. The molecule has 0 aromatic carbocycles. The highest BCUT2D eigenvalue weighted by Gasteiger charge is 2.20. The zero-order valence-electron chi connectivity index (χ0n) is 8.84. The van der Waals surface area contributed by atoms with Crippen molar-refractivity contribution in [3.63, 3.8) is 0 Å². The molecule has 0 aliphatic heterocycles. The Balaban J connectivity index is 2.31. The minimum absolute atomic E-state index is 0.0408. The van der Waals surface area contributed by atoms with Crippen LogP contribution in [0.15, 0.2) is 0 Å². The second-order valence-corrected chi connectivity index (χ2v) is 4.31. The first kappa shape index (κ1) is 10.4. The van der Waals surface area contributed by atoms with Gasteiger partial charge in [-0.25, -0.2) is 4.79 Å². The molecule has 2 atom stereocenters. The number of nitrogens with zero attached hydrogens (tertiary/aromatic N) is 1. The van der Waals surface area contributed by atoms with E-state index in [1.165, 1.54) is 12.8 Å². The summed E-state index contributed by atoms with van der Waals surface area (Å²) in [6, 6.07) is 0.442. The molecule has 13 heavy (non-hydrogen) atoms. The number of amides is 2. The lowest BCUT2D eigenvalue weighted by molar-refractivity contribution is 0.204. The molecule has 0 aromatic rings. The van der Waals surface area contributed by atoms with Crippen LogP contribution >= 0.6 is 0 Å². The van der Waals surface area contributed by atoms with Crippen molar-refractivity contribution < 1.29 is 4.79 Å². The van der Waals surface area contributed by atoms with Gasteiger partial charge in [0, 0.05) is 20.1 Å². The first-order valence-corrected chi connectivity index (χ1v) is 5.07. The Morgan fingerprint density at radius 2 is 2.08 bits per heavy atom. The summed E-state index contributed by atoms with van der Waals surface area (Å²) in [5, 5.41) is 3.04. The fourth-order valence-electron chi connectivity index (χ4n) is 1.87. The molecule has 0 heterocycles. The Labute approximate surface area is 80.5 Å². The van der Waals surface area contributed by atoms with Gasteiger partial charge in [-0.15, -0.1) is 0 Å². The van der Waals surface area contributed by atoms with Gasteiger partial charge in [0.1, 0.15) is 0 Å². The van der Waals surface area contributed by atoms with E-state index in [0.717, 1.165) is 18.8 Å². The summed E-state index contributed by atoms with van der Waals surface area (Å²) in [5.74, 6) is 0.765. The first-order valence-electron chi connectivity index (χ1n) is 5.07. The SMILES string of the molecule is C[C@H]1CCC[C@@H](NC(=O)N(C)C)C1. The van der Waals surface area contributed by atoms with Crippen LogP contribution in [0.3, 0.4) is 0 Å². The molecule has 2 amide bonds. The van der Waals surface area contributed by atoms with Crippen LogP contribution in [0.4, 0.5) is 4.79 Å². The van der Waals surface area contributed by atoms with E-state index in [4.69, 9.17) is 0 Å². The number of rotatable bonds is 1. The number of carbonyl (C=O) groups is 1. The summed E-state index contributed by atoms with van der Waals surface area (Å²) in [7, 11) is 3.56. The van der Waals surface area contributed by atoms with Crippen molar-refractivity contribution in [2.45, 2.75) is 38.6 Å². The fraction of sp³-hybridized carbons (Fsp3) is 0.900. The van der Waals surface area contributed by atoms with Crippen LogP contribution in [0.1, 0.15) is 32.6 Å². The Hall–Kier alpha value is -0.730. The standard InChI is InChI=1S/C10H20N2O/c1-8-5-4-6-9(7-8)11-10(13)12(2)3/h8-9H,4-7H2,1-3H3,(H,11,13)/t8-,9+/m0/s1. The molecule has 0 unspecified atom stereocenters. The Morgan fingerprint density at radius 3 is 2.62 bits per heavy atom. The van der Waals surface area contributed by atoms with E-state index in [1.54, 1.807) is 19.0 Å². The molecule has 0 spiro atoms. The second kappa shape index (κ2) is 4.49. The molecule has 0 saturated heterocycles. The van der Waals surface area contributed by atoms with Gasteiger partial charge in [0.05, 0.1) is 0 Å². The molecule has 76 valence electrons. The van der Waals surface area contributed by atoms with Gasteiger partial charge in [-0.1, -0.05) is 19.8 Å². The molecule has 0 aromatic heterocycles. The predicted molar refractivity (Wildman–Crippen MR) is 53.6 cm³/mol. The molecule has 0 radical (unpaired) electrons. The summed E-state index contributed by atoms with van der Waals surface area (Å²) in [4.78, 5) is 12.9. The minimum atomic E-state index is 0.0408. The van der Waals surface area contributed by atoms with Crippen molar-refractivity contribution in [3.05, 3.63) is 0 Å². The maximum Gasteiger partial charge on any atom is 0.317 e. The molecule has 0 bridgehead atoms. The lowest BCUT2D eigenvalue weighted by Gasteiger charge is -2.28. The Morgan fingerprint density at radius 1 is 1.38 bits per heavy atom. The van der Waals surface area contributed by atoms with Gasteiger partial charge in [0.15, 0.2) is 0 Å². The van der Waals surface area contributed by atoms with Crippen LogP contribution in [-0.4, -0.2) is 31.1 Å². The molecule has 1 fully saturated rings. The van der Waals surface area contributed by atoms with Crippen molar-refractivity contribution in [2.24, 2.45) is 5.92 Å². The molecule has 1 saturated carbocycles. The van der Waals surface area contributed by atoms with E-state index in [-0.39, 0.29) is 6.03 Å². The summed E-state index contributed by atoms with van der Waals surface area (Å²) >= 11 is 0. The zero-order valence-corrected chi connectivity index (χ0v) is 8.84. The van der Waals surface area contributed by atoms with E-state index < -0.39 is 0 Å². The van der Waals surface area contributed by atoms with Crippen molar-refractivity contribution in [2.75, 3.05) is 14.1 Å². The third kappa shape index (κ3) is 3.25. The highest BCUT2D eigenvalue weighted by molar-refractivity contribution is 5.73. The number of hydrogen-bond donors (Lipinski definition) is 1. The highest BCUT2D eigenvalue weighted by atomic mass is 16.2. The van der Waals surface area contributed by atoms with E-state index in [2.05, 4.69) is 12.2 Å². The van der Waals surface area contributed by atoms with Gasteiger partial charge in [-0.2, -0.15) is 0 Å². The van der Waals surface area contributed by atoms with Crippen LogP contribution in [0, 0.1) is 5.92 Å². The van der Waals surface area contributed by atoms with Crippen molar-refractivity contribution in [1.29, 1.82) is 0 Å². The van der Waals surface area contributed by atoms with Crippen LogP contribution < -0.4 is 5.32 Å². The topological polar surface area (TPSA) is 32.3 Å². The van der Waals surface area contributed by atoms with Gasteiger partial charge >= 0.3 is 6.03 Å². The van der Waals surface area contributed by atoms with E-state index in [0.29, 0.717) is 6.04 Å². The molecule has 1 aliphatic rings. The first-order chi connectivity index (χ1) is 6.09. The minimum Gasteiger partial charge on any atom is -0.335 e. The number of urea groups is 1. The second-order valence-electron chi connectivity index (χ2n) is 4.31. The summed E-state index contributed by atoms with van der Waals surface area (Å²) in [5.41, 5.74) is 0. The van der Waals surface area contributed by atoms with E-state index in [9.17, 15) is 4.79 Å². The molecule has 3 heteroatoms. The molecular weight excluding hydrogens is 164 g/mol. The van der Waals surface area contributed by atoms with Crippen molar-refractivity contribution >= 4 is 6.03 Å². The van der Waals surface area contributed by atoms with Crippen LogP contribution in [0.2, 0.25) is 0 Å². The fourth-order valence-corrected chi connectivity index (χ4v) is 1.87. The molecule has 1 rings (SSSR count). The van der Waals surface area contributed by atoms with Gasteiger partial charge in [0.25, 0.3) is 0 Å². The maximum atomic E-state index is 11.3. The molecule has 3 nitrogen and oxygen atoms in total. The van der Waals surface area contributed by atoms with Crippen LogP contribution in [0.5, 0.6) is 0 Å². The van der Waals surface area contributed by atoms with Gasteiger partial charge < -0.3 is 10.2 Å². The zero-order chi connectivity index (χ0) is 9.84. The van der Waals surface area contributed by atoms with Crippen molar-refractivity contribution in [3.8, 4) is 0 Å². The van der Waals surface area contributed by atoms with E-state index >= 15 is 0 Å². The summed E-state index contributed by atoms with van der Waals surface area (Å²) in [6.45, 7) is 2.26. The Kier molecular flexibility index (Phi) is 3.58. The number of carbonyl (C=O) groups excluding carboxylic acids is 1. The molecule has 1 aliphatic carbocycles. The number of hydrogen-bond acceptors (Lipinski definition) is 1. The Bertz CT molecular complexity index is 180. The maximum absolute atomic E-state index is 11.3. The average Bonchev–Trinajstić information content (AvgIpc) is 2.04. The quantitative estimate of drug-likeness (QED) is 0.662. The lowest BCUT2D eigenvalue weighted by Crippen LogP contribution is -2.43. The van der Waals surface area contributed by atoms with Crippen molar-refractivity contribution in [1.82, 2.24) is 10.2 Å². The predicted octanol–water partition coefficient (Wildman–Crippen LogP) is 1.84. The van der Waals surface area contributed by atoms with Gasteiger partial charge in [-0.3, -0.25) is 0 Å². The smallest absolute Gasteiger partial charge is 0.317 e. The number of nitrogens with one attached hydrogen (secondary N) is 1. The normalized spacial score (nSPS) is 28.2. The third-order valence-corrected chi connectivity index (χ3v) is 2.67.